The van der Waals surface area contributed by atoms with Crippen LogP contribution in [0.5, 0.6) is 0 Å². The summed E-state index contributed by atoms with van der Waals surface area (Å²) in [6.45, 7) is 4.26. The second kappa shape index (κ2) is 8.19. The molecular weight excluding hydrogens is 370 g/mol. The van der Waals surface area contributed by atoms with E-state index in [1.54, 1.807) is 16.3 Å². The molecule has 1 aliphatic heterocycles. The number of nitrogens with zero attached hydrogens (tertiary/aromatic N) is 3. The summed E-state index contributed by atoms with van der Waals surface area (Å²) in [5.41, 5.74) is 2.58. The number of carbonyl (C=O) groups is 1. The number of likely N-dealkylation sites (tertiary alicyclic amines) is 1. The molecule has 0 atom stereocenters. The van der Waals surface area contributed by atoms with E-state index < -0.39 is 0 Å². The van der Waals surface area contributed by atoms with Crippen molar-refractivity contribution in [3.63, 3.8) is 0 Å². The minimum absolute atomic E-state index is 0.00200. The van der Waals surface area contributed by atoms with E-state index in [9.17, 15) is 9.59 Å². The average Bonchev–Trinajstić information content (AvgIpc) is 3.27. The van der Waals surface area contributed by atoms with Gasteiger partial charge in [-0.25, -0.2) is 4.98 Å². The molecule has 1 fully saturated rings. The van der Waals surface area contributed by atoms with Crippen LogP contribution < -0.4 is 5.56 Å². The first-order valence-electron chi connectivity index (χ1n) is 9.68. The smallest absolute Gasteiger partial charge is 0.262 e. The van der Waals surface area contributed by atoms with Gasteiger partial charge in [-0.1, -0.05) is 36.0 Å². The van der Waals surface area contributed by atoms with Crippen LogP contribution in [-0.2, 0) is 12.3 Å². The molecule has 0 saturated carbocycles. The van der Waals surface area contributed by atoms with Crippen LogP contribution in [0.4, 0.5) is 0 Å². The SMILES string of the molecule is CCn1c(SCc2ccc(C(=O)N3CCCC3)cc2)nc2ccccc2c1=O. The quantitative estimate of drug-likeness (QED) is 0.487. The Hall–Kier alpha value is -2.60. The van der Waals surface area contributed by atoms with Gasteiger partial charge >= 0.3 is 0 Å². The monoisotopic (exact) mass is 393 g/mol. The number of benzene rings is 2. The van der Waals surface area contributed by atoms with E-state index in [0.29, 0.717) is 17.7 Å². The van der Waals surface area contributed by atoms with Crippen LogP contribution in [0.2, 0.25) is 0 Å². The van der Waals surface area contributed by atoms with Crippen molar-refractivity contribution in [3.8, 4) is 0 Å². The topological polar surface area (TPSA) is 55.2 Å². The third kappa shape index (κ3) is 3.69. The highest BCUT2D eigenvalue weighted by molar-refractivity contribution is 7.98. The zero-order valence-corrected chi connectivity index (χ0v) is 16.7. The van der Waals surface area contributed by atoms with Crippen LogP contribution in [0.3, 0.4) is 0 Å². The van der Waals surface area contributed by atoms with E-state index >= 15 is 0 Å². The standard InChI is InChI=1S/C22H23N3O2S/c1-2-25-21(27)18-7-3-4-8-19(18)23-22(25)28-15-16-9-11-17(12-10-16)20(26)24-13-5-6-14-24/h3-4,7-12H,2,5-6,13-15H2,1H3. The average molecular weight is 394 g/mol. The molecule has 5 nitrogen and oxygen atoms in total. The summed E-state index contributed by atoms with van der Waals surface area (Å²) in [6, 6.07) is 15.2. The van der Waals surface area contributed by atoms with E-state index in [2.05, 4.69) is 4.98 Å². The number of fused-ring (bicyclic) bond motifs is 1. The van der Waals surface area contributed by atoms with Crippen molar-refractivity contribution in [1.82, 2.24) is 14.5 Å². The minimum atomic E-state index is 0.00200. The molecule has 144 valence electrons. The predicted octanol–water partition coefficient (Wildman–Crippen LogP) is 3.94. The van der Waals surface area contributed by atoms with Gasteiger partial charge in [-0.3, -0.25) is 14.2 Å². The highest BCUT2D eigenvalue weighted by atomic mass is 32.2. The van der Waals surface area contributed by atoms with Gasteiger partial charge in [0, 0.05) is 31.0 Å². The lowest BCUT2D eigenvalue weighted by molar-refractivity contribution is 0.0793. The third-order valence-corrected chi connectivity index (χ3v) is 6.15. The summed E-state index contributed by atoms with van der Waals surface area (Å²) in [5.74, 6) is 0.816. The fourth-order valence-electron chi connectivity index (χ4n) is 3.53. The normalized spacial score (nSPS) is 14.0. The molecule has 4 rings (SSSR count). The molecule has 6 heteroatoms. The second-order valence-electron chi connectivity index (χ2n) is 6.95. The number of rotatable bonds is 5. The molecule has 0 spiro atoms. The number of amides is 1. The van der Waals surface area contributed by atoms with Gasteiger partial charge in [0.15, 0.2) is 5.16 Å². The highest BCUT2D eigenvalue weighted by Gasteiger charge is 2.19. The Morgan fingerprint density at radius 2 is 1.79 bits per heavy atom. The van der Waals surface area contributed by atoms with Gasteiger partial charge in [-0.15, -0.1) is 0 Å². The van der Waals surface area contributed by atoms with Crippen molar-refractivity contribution in [3.05, 3.63) is 70.0 Å². The molecule has 1 aromatic heterocycles. The molecule has 28 heavy (non-hydrogen) atoms. The van der Waals surface area contributed by atoms with Crippen LogP contribution in [0.1, 0.15) is 35.7 Å². The number of hydrogen-bond donors (Lipinski definition) is 0. The van der Waals surface area contributed by atoms with Gasteiger partial charge < -0.3 is 4.90 Å². The molecule has 1 aliphatic rings. The van der Waals surface area contributed by atoms with Gasteiger partial charge in [0.2, 0.25) is 0 Å². The van der Waals surface area contributed by atoms with Gasteiger partial charge in [-0.05, 0) is 49.6 Å². The molecule has 2 heterocycles. The lowest BCUT2D eigenvalue weighted by atomic mass is 10.1. The highest BCUT2D eigenvalue weighted by Crippen LogP contribution is 2.23. The van der Waals surface area contributed by atoms with Crippen molar-refractivity contribution >= 4 is 28.6 Å². The van der Waals surface area contributed by atoms with Gasteiger partial charge in [0.05, 0.1) is 10.9 Å². The Morgan fingerprint density at radius 1 is 1.07 bits per heavy atom. The summed E-state index contributed by atoms with van der Waals surface area (Å²) in [5, 5.41) is 1.38. The minimum Gasteiger partial charge on any atom is -0.339 e. The van der Waals surface area contributed by atoms with Crippen LogP contribution in [0.25, 0.3) is 10.9 Å². The van der Waals surface area contributed by atoms with E-state index in [1.807, 2.05) is 60.4 Å². The molecule has 1 saturated heterocycles. The molecular formula is C22H23N3O2S. The molecule has 0 unspecified atom stereocenters. The maximum absolute atomic E-state index is 12.7. The molecule has 0 N–H and O–H groups in total. The van der Waals surface area contributed by atoms with Crippen LogP contribution in [0, 0.1) is 0 Å². The first-order valence-corrected chi connectivity index (χ1v) is 10.7. The Morgan fingerprint density at radius 3 is 2.50 bits per heavy atom. The zero-order chi connectivity index (χ0) is 19.5. The van der Waals surface area contributed by atoms with E-state index in [4.69, 9.17) is 0 Å². The lowest BCUT2D eigenvalue weighted by Crippen LogP contribution is -2.27. The summed E-state index contributed by atoms with van der Waals surface area (Å²) in [7, 11) is 0. The first-order chi connectivity index (χ1) is 13.7. The number of para-hydroxylation sites is 1. The fraction of sp³-hybridized carbons (Fsp3) is 0.318. The Labute approximate surface area is 168 Å². The van der Waals surface area contributed by atoms with E-state index in [-0.39, 0.29) is 11.5 Å². The third-order valence-electron chi connectivity index (χ3n) is 5.10. The number of thioether (sulfide) groups is 1. The molecule has 2 aromatic carbocycles. The molecule has 1 amide bonds. The molecule has 0 bridgehead atoms. The van der Waals surface area contributed by atoms with E-state index in [0.717, 1.165) is 47.7 Å². The van der Waals surface area contributed by atoms with Crippen molar-refractivity contribution in [1.29, 1.82) is 0 Å². The van der Waals surface area contributed by atoms with Crippen LogP contribution >= 0.6 is 11.8 Å². The Balaban J connectivity index is 1.51. The second-order valence-corrected chi connectivity index (χ2v) is 7.89. The largest absolute Gasteiger partial charge is 0.339 e. The lowest BCUT2D eigenvalue weighted by Gasteiger charge is -2.15. The molecule has 0 aliphatic carbocycles. The van der Waals surface area contributed by atoms with Gasteiger partial charge in [0.1, 0.15) is 0 Å². The van der Waals surface area contributed by atoms with Crippen LogP contribution in [-0.4, -0.2) is 33.4 Å². The van der Waals surface area contributed by atoms with Crippen molar-refractivity contribution in [2.24, 2.45) is 0 Å². The van der Waals surface area contributed by atoms with Crippen molar-refractivity contribution in [2.45, 2.75) is 37.2 Å². The summed E-state index contributed by atoms with van der Waals surface area (Å²) in [6.07, 6.45) is 2.19. The molecule has 0 radical (unpaired) electrons. The predicted molar refractivity (Wildman–Crippen MR) is 113 cm³/mol. The fourth-order valence-corrected chi connectivity index (χ4v) is 4.55. The number of aromatic nitrogens is 2. The van der Waals surface area contributed by atoms with Crippen molar-refractivity contribution in [2.75, 3.05) is 13.1 Å². The van der Waals surface area contributed by atoms with Crippen LogP contribution in [0.15, 0.2) is 58.5 Å². The van der Waals surface area contributed by atoms with Gasteiger partial charge in [-0.2, -0.15) is 0 Å². The Bertz CT molecular complexity index is 1050. The summed E-state index contributed by atoms with van der Waals surface area (Å²) >= 11 is 1.55. The van der Waals surface area contributed by atoms with E-state index in [1.165, 1.54) is 0 Å². The zero-order valence-electron chi connectivity index (χ0n) is 15.9. The number of hydrogen-bond acceptors (Lipinski definition) is 4. The van der Waals surface area contributed by atoms with Crippen molar-refractivity contribution < 1.29 is 4.79 Å². The maximum atomic E-state index is 12.7. The van der Waals surface area contributed by atoms with Gasteiger partial charge in [0.25, 0.3) is 11.5 Å². The summed E-state index contributed by atoms with van der Waals surface area (Å²) < 4.78 is 1.72. The number of carbonyl (C=O) groups excluding carboxylic acids is 1. The molecule has 3 aromatic rings. The maximum Gasteiger partial charge on any atom is 0.262 e. The first kappa shape index (κ1) is 18.7. The Kier molecular flexibility index (Phi) is 5.48. The summed E-state index contributed by atoms with van der Waals surface area (Å²) in [4.78, 5) is 31.8.